The molecule has 0 fully saturated rings. The summed E-state index contributed by atoms with van der Waals surface area (Å²) in [6, 6.07) is 7.62. The minimum atomic E-state index is -0.130. The van der Waals surface area contributed by atoms with E-state index in [-0.39, 0.29) is 5.91 Å². The third-order valence-corrected chi connectivity index (χ3v) is 2.84. The van der Waals surface area contributed by atoms with Crippen molar-refractivity contribution >= 4 is 17.8 Å². The molecular weight excluding hydrogens is 252 g/mol. The van der Waals surface area contributed by atoms with Crippen molar-refractivity contribution in [1.82, 2.24) is 5.32 Å². The number of rotatable bonds is 5. The van der Waals surface area contributed by atoms with E-state index in [0.717, 1.165) is 23.6 Å². The molecule has 0 aliphatic carbocycles. The monoisotopic (exact) mass is 272 g/mol. The maximum atomic E-state index is 11.8. The van der Waals surface area contributed by atoms with E-state index in [1.807, 2.05) is 31.2 Å². The van der Waals surface area contributed by atoms with Gasteiger partial charge in [-0.15, -0.1) is 0 Å². The summed E-state index contributed by atoms with van der Waals surface area (Å²) in [5, 5.41) is 2.81. The number of amidine groups is 1. The van der Waals surface area contributed by atoms with Crippen LogP contribution in [0.25, 0.3) is 6.08 Å². The number of hydrogen-bond donors (Lipinski definition) is 1. The first-order valence-corrected chi connectivity index (χ1v) is 6.92. The van der Waals surface area contributed by atoms with E-state index in [2.05, 4.69) is 24.2 Å². The Morgan fingerprint density at radius 1 is 1.30 bits per heavy atom. The molecule has 1 aromatic carbocycles. The number of nitrogens with zero attached hydrogens (tertiary/aromatic N) is 1. The van der Waals surface area contributed by atoms with Crippen molar-refractivity contribution < 1.29 is 9.53 Å². The van der Waals surface area contributed by atoms with Gasteiger partial charge >= 0.3 is 0 Å². The van der Waals surface area contributed by atoms with Gasteiger partial charge in [0.1, 0.15) is 17.3 Å². The standard InChI is InChI=1S/C16H20N2O2/c1-4-20-13-7-5-12(6-8-13)10-14-16(19)18-15(17-14)9-11(2)3/h5-8,10-11H,4,9H2,1-3H3,(H,17,18,19)/b14-10+. The summed E-state index contributed by atoms with van der Waals surface area (Å²) in [5.74, 6) is 1.92. The van der Waals surface area contributed by atoms with Gasteiger partial charge in [0, 0.05) is 6.42 Å². The normalized spacial score (nSPS) is 16.5. The predicted octanol–water partition coefficient (Wildman–Crippen LogP) is 3.00. The zero-order valence-corrected chi connectivity index (χ0v) is 12.1. The minimum absolute atomic E-state index is 0.130. The van der Waals surface area contributed by atoms with E-state index < -0.39 is 0 Å². The highest BCUT2D eigenvalue weighted by molar-refractivity contribution is 6.14. The second-order valence-corrected chi connectivity index (χ2v) is 5.14. The summed E-state index contributed by atoms with van der Waals surface area (Å²) in [5.41, 5.74) is 1.40. The molecule has 1 aromatic rings. The van der Waals surface area contributed by atoms with Gasteiger partial charge in [0.15, 0.2) is 0 Å². The number of benzene rings is 1. The van der Waals surface area contributed by atoms with E-state index in [1.165, 1.54) is 0 Å². The number of hydrogen-bond acceptors (Lipinski definition) is 3. The fourth-order valence-corrected chi connectivity index (χ4v) is 1.99. The number of ether oxygens (including phenoxy) is 1. The Balaban J connectivity index is 2.13. The van der Waals surface area contributed by atoms with Crippen molar-refractivity contribution in [1.29, 1.82) is 0 Å². The number of carbonyl (C=O) groups excluding carboxylic acids is 1. The third kappa shape index (κ3) is 3.70. The van der Waals surface area contributed by atoms with Crippen molar-refractivity contribution in [2.45, 2.75) is 27.2 Å². The first-order valence-electron chi connectivity index (χ1n) is 6.92. The first-order chi connectivity index (χ1) is 9.58. The third-order valence-electron chi connectivity index (χ3n) is 2.84. The molecule has 1 aliphatic heterocycles. The second kappa shape index (κ2) is 6.37. The van der Waals surface area contributed by atoms with Crippen LogP contribution in [0.3, 0.4) is 0 Å². The van der Waals surface area contributed by atoms with E-state index >= 15 is 0 Å². The molecule has 0 spiro atoms. The van der Waals surface area contributed by atoms with E-state index in [0.29, 0.717) is 18.2 Å². The molecule has 106 valence electrons. The van der Waals surface area contributed by atoms with Crippen LogP contribution in [0.5, 0.6) is 5.75 Å². The Bertz CT molecular complexity index is 542. The Hall–Kier alpha value is -2.10. The minimum Gasteiger partial charge on any atom is -0.494 e. The zero-order valence-electron chi connectivity index (χ0n) is 12.1. The van der Waals surface area contributed by atoms with Gasteiger partial charge < -0.3 is 10.1 Å². The molecule has 2 rings (SSSR count). The number of nitrogens with one attached hydrogen (secondary N) is 1. The Morgan fingerprint density at radius 2 is 2.00 bits per heavy atom. The van der Waals surface area contributed by atoms with E-state index in [9.17, 15) is 4.79 Å². The molecule has 0 atom stereocenters. The van der Waals surface area contributed by atoms with Crippen molar-refractivity contribution in [3.63, 3.8) is 0 Å². The molecule has 0 radical (unpaired) electrons. The molecule has 20 heavy (non-hydrogen) atoms. The van der Waals surface area contributed by atoms with Crippen LogP contribution in [0, 0.1) is 5.92 Å². The molecule has 0 bridgehead atoms. The van der Waals surface area contributed by atoms with Crippen LogP contribution in [-0.2, 0) is 4.79 Å². The van der Waals surface area contributed by atoms with Gasteiger partial charge in [0.05, 0.1) is 6.61 Å². The molecule has 1 amide bonds. The lowest BCUT2D eigenvalue weighted by molar-refractivity contribution is -0.115. The van der Waals surface area contributed by atoms with Crippen LogP contribution in [-0.4, -0.2) is 18.3 Å². The molecule has 0 aromatic heterocycles. The molecule has 1 heterocycles. The maximum Gasteiger partial charge on any atom is 0.275 e. The summed E-state index contributed by atoms with van der Waals surface area (Å²) in [4.78, 5) is 16.2. The van der Waals surface area contributed by atoms with Crippen molar-refractivity contribution in [3.05, 3.63) is 35.5 Å². The lowest BCUT2D eigenvalue weighted by Crippen LogP contribution is -2.24. The average molecular weight is 272 g/mol. The highest BCUT2D eigenvalue weighted by atomic mass is 16.5. The summed E-state index contributed by atoms with van der Waals surface area (Å²) in [6.45, 7) is 6.79. The van der Waals surface area contributed by atoms with Gasteiger partial charge in [-0.2, -0.15) is 0 Å². The van der Waals surface area contributed by atoms with Gasteiger partial charge in [-0.25, -0.2) is 4.99 Å². The second-order valence-electron chi connectivity index (χ2n) is 5.14. The highest BCUT2D eigenvalue weighted by Crippen LogP contribution is 2.17. The molecule has 4 heteroatoms. The fourth-order valence-electron chi connectivity index (χ4n) is 1.99. The van der Waals surface area contributed by atoms with E-state index in [4.69, 9.17) is 4.74 Å². The van der Waals surface area contributed by atoms with Gasteiger partial charge in [-0.3, -0.25) is 4.79 Å². The van der Waals surface area contributed by atoms with Crippen LogP contribution in [0.2, 0.25) is 0 Å². The highest BCUT2D eigenvalue weighted by Gasteiger charge is 2.20. The quantitative estimate of drug-likeness (QED) is 0.838. The van der Waals surface area contributed by atoms with Gasteiger partial charge in [-0.05, 0) is 36.6 Å². The smallest absolute Gasteiger partial charge is 0.275 e. The van der Waals surface area contributed by atoms with Crippen molar-refractivity contribution in [2.75, 3.05) is 6.61 Å². The topological polar surface area (TPSA) is 50.7 Å². The lowest BCUT2D eigenvalue weighted by Gasteiger charge is -2.02. The van der Waals surface area contributed by atoms with Gasteiger partial charge in [-0.1, -0.05) is 26.0 Å². The summed E-state index contributed by atoms with van der Waals surface area (Å²) in [7, 11) is 0. The maximum absolute atomic E-state index is 11.8. The van der Waals surface area contributed by atoms with E-state index in [1.54, 1.807) is 6.08 Å². The fraction of sp³-hybridized carbons (Fsp3) is 0.375. The molecule has 0 saturated heterocycles. The molecule has 0 unspecified atom stereocenters. The number of amides is 1. The summed E-state index contributed by atoms with van der Waals surface area (Å²) >= 11 is 0. The summed E-state index contributed by atoms with van der Waals surface area (Å²) in [6.07, 6.45) is 2.57. The Morgan fingerprint density at radius 3 is 2.60 bits per heavy atom. The van der Waals surface area contributed by atoms with Crippen LogP contribution >= 0.6 is 0 Å². The number of carbonyl (C=O) groups is 1. The van der Waals surface area contributed by atoms with Crippen LogP contribution in [0.1, 0.15) is 32.8 Å². The Labute approximate surface area is 119 Å². The number of aliphatic imine (C=N–C) groups is 1. The van der Waals surface area contributed by atoms with Crippen molar-refractivity contribution in [2.24, 2.45) is 10.9 Å². The molecule has 4 nitrogen and oxygen atoms in total. The van der Waals surface area contributed by atoms with Crippen molar-refractivity contribution in [3.8, 4) is 5.75 Å². The predicted molar refractivity (Wildman–Crippen MR) is 80.6 cm³/mol. The first kappa shape index (κ1) is 14.3. The Kier molecular flexibility index (Phi) is 4.56. The van der Waals surface area contributed by atoms with Crippen LogP contribution in [0.4, 0.5) is 0 Å². The van der Waals surface area contributed by atoms with Crippen LogP contribution < -0.4 is 10.1 Å². The molecule has 0 saturated carbocycles. The molecular formula is C16H20N2O2. The SMILES string of the molecule is CCOc1ccc(/C=C2/N=C(CC(C)C)NC2=O)cc1. The van der Waals surface area contributed by atoms with Gasteiger partial charge in [0.25, 0.3) is 5.91 Å². The molecule has 1 N–H and O–H groups in total. The largest absolute Gasteiger partial charge is 0.494 e. The van der Waals surface area contributed by atoms with Gasteiger partial charge in [0.2, 0.25) is 0 Å². The average Bonchev–Trinajstić information content (AvgIpc) is 2.71. The lowest BCUT2D eigenvalue weighted by atomic mass is 10.1. The zero-order chi connectivity index (χ0) is 14.5. The summed E-state index contributed by atoms with van der Waals surface area (Å²) < 4.78 is 5.39. The van der Waals surface area contributed by atoms with Crippen LogP contribution in [0.15, 0.2) is 35.0 Å². The molecule has 1 aliphatic rings.